The summed E-state index contributed by atoms with van der Waals surface area (Å²) in [5.41, 5.74) is 5.33. The van der Waals surface area contributed by atoms with Crippen molar-refractivity contribution in [2.75, 3.05) is 10.6 Å². The molecule has 0 radical (unpaired) electrons. The normalized spacial score (nSPS) is 10.3. The van der Waals surface area contributed by atoms with E-state index in [1.165, 1.54) is 5.56 Å². The first-order valence-electron chi connectivity index (χ1n) is 8.34. The number of benzene rings is 2. The third-order valence-electron chi connectivity index (χ3n) is 3.92. The van der Waals surface area contributed by atoms with Gasteiger partial charge in [-0.3, -0.25) is 9.78 Å². The highest BCUT2D eigenvalue weighted by molar-refractivity contribution is 6.03. The lowest BCUT2D eigenvalue weighted by Crippen LogP contribution is -2.13. The highest BCUT2D eigenvalue weighted by atomic mass is 16.1. The molecule has 4 heteroatoms. The van der Waals surface area contributed by atoms with Gasteiger partial charge in [-0.25, -0.2) is 0 Å². The van der Waals surface area contributed by atoms with Crippen molar-refractivity contribution in [1.82, 2.24) is 4.98 Å². The number of aryl methyl sites for hydroxylation is 2. The van der Waals surface area contributed by atoms with Gasteiger partial charge in [0.25, 0.3) is 5.91 Å². The molecule has 0 aliphatic carbocycles. The third kappa shape index (κ3) is 4.44. The van der Waals surface area contributed by atoms with Crippen LogP contribution in [0.2, 0.25) is 0 Å². The van der Waals surface area contributed by atoms with Crippen molar-refractivity contribution in [2.24, 2.45) is 0 Å². The van der Waals surface area contributed by atoms with E-state index in [-0.39, 0.29) is 5.91 Å². The Morgan fingerprint density at radius 2 is 1.76 bits per heavy atom. The van der Waals surface area contributed by atoms with Gasteiger partial charge >= 0.3 is 0 Å². The van der Waals surface area contributed by atoms with Crippen molar-refractivity contribution in [1.29, 1.82) is 0 Å². The average Bonchev–Trinajstić information content (AvgIpc) is 2.62. The maximum atomic E-state index is 12.4. The van der Waals surface area contributed by atoms with Crippen LogP contribution >= 0.6 is 0 Å². The Bertz CT molecular complexity index is 872. The second-order valence-electron chi connectivity index (χ2n) is 5.93. The second-order valence-corrected chi connectivity index (χ2v) is 5.93. The van der Waals surface area contributed by atoms with Crippen molar-refractivity contribution >= 4 is 23.0 Å². The number of aromatic nitrogens is 1. The molecule has 0 atom stereocenters. The summed E-state index contributed by atoms with van der Waals surface area (Å²) in [4.78, 5) is 16.6. The molecule has 2 aromatic carbocycles. The van der Waals surface area contributed by atoms with Crippen LogP contribution in [0.3, 0.4) is 0 Å². The van der Waals surface area contributed by atoms with Gasteiger partial charge in [-0.15, -0.1) is 0 Å². The summed E-state index contributed by atoms with van der Waals surface area (Å²) < 4.78 is 0. The van der Waals surface area contributed by atoms with Gasteiger partial charge in [-0.05, 0) is 60.9 Å². The molecule has 0 spiro atoms. The molecule has 0 bridgehead atoms. The summed E-state index contributed by atoms with van der Waals surface area (Å²) in [5.74, 6) is -0.226. The monoisotopic (exact) mass is 331 g/mol. The molecule has 0 saturated heterocycles. The maximum Gasteiger partial charge on any atom is 0.274 e. The zero-order valence-electron chi connectivity index (χ0n) is 14.4. The van der Waals surface area contributed by atoms with Crippen molar-refractivity contribution in [3.8, 4) is 0 Å². The fraction of sp³-hybridized carbons (Fsp3) is 0.143. The highest BCUT2D eigenvalue weighted by Crippen LogP contribution is 2.18. The van der Waals surface area contributed by atoms with E-state index in [0.29, 0.717) is 5.69 Å². The van der Waals surface area contributed by atoms with Crippen LogP contribution in [0.1, 0.15) is 28.5 Å². The Balaban J connectivity index is 1.72. The van der Waals surface area contributed by atoms with E-state index >= 15 is 0 Å². The van der Waals surface area contributed by atoms with Gasteiger partial charge in [0.1, 0.15) is 5.69 Å². The van der Waals surface area contributed by atoms with Crippen LogP contribution in [0, 0.1) is 6.92 Å². The van der Waals surface area contributed by atoms with Crippen molar-refractivity contribution in [2.45, 2.75) is 20.3 Å². The van der Waals surface area contributed by atoms with Gasteiger partial charge in [-0.1, -0.05) is 31.2 Å². The van der Waals surface area contributed by atoms with Gasteiger partial charge in [-0.2, -0.15) is 0 Å². The van der Waals surface area contributed by atoms with Crippen LogP contribution in [0.25, 0.3) is 0 Å². The van der Waals surface area contributed by atoms with Crippen LogP contribution in [0.4, 0.5) is 17.1 Å². The molecule has 4 nitrogen and oxygen atoms in total. The minimum atomic E-state index is -0.226. The van der Waals surface area contributed by atoms with E-state index in [9.17, 15) is 4.79 Å². The lowest BCUT2D eigenvalue weighted by Gasteiger charge is -2.09. The molecule has 0 saturated carbocycles. The average molecular weight is 331 g/mol. The number of anilines is 3. The van der Waals surface area contributed by atoms with Crippen molar-refractivity contribution in [3.05, 3.63) is 83.7 Å². The summed E-state index contributed by atoms with van der Waals surface area (Å²) in [7, 11) is 0. The quantitative estimate of drug-likeness (QED) is 0.695. The highest BCUT2D eigenvalue weighted by Gasteiger charge is 2.09. The summed E-state index contributed by atoms with van der Waals surface area (Å²) in [6.07, 6.45) is 2.65. The van der Waals surface area contributed by atoms with Crippen LogP contribution in [0.5, 0.6) is 0 Å². The molecule has 2 N–H and O–H groups in total. The van der Waals surface area contributed by atoms with Crippen LogP contribution < -0.4 is 10.6 Å². The van der Waals surface area contributed by atoms with E-state index in [1.807, 2.05) is 49.4 Å². The molecule has 0 fully saturated rings. The van der Waals surface area contributed by atoms with Crippen LogP contribution in [0.15, 0.2) is 66.9 Å². The minimum Gasteiger partial charge on any atom is -0.355 e. The molecule has 1 aromatic heterocycles. The molecular formula is C21H21N3O. The largest absolute Gasteiger partial charge is 0.355 e. The Labute approximate surface area is 147 Å². The SMILES string of the molecule is CCc1ccc(Nc2ccnc(C(=O)Nc3cccc(C)c3)c2)cc1. The lowest BCUT2D eigenvalue weighted by atomic mass is 10.1. The van der Waals surface area contributed by atoms with Gasteiger partial charge in [0, 0.05) is 23.3 Å². The number of carbonyl (C=O) groups is 1. The first-order chi connectivity index (χ1) is 12.1. The zero-order chi connectivity index (χ0) is 17.6. The maximum absolute atomic E-state index is 12.4. The fourth-order valence-corrected chi connectivity index (χ4v) is 2.54. The van der Waals surface area contributed by atoms with Gasteiger partial charge in [0.2, 0.25) is 0 Å². The molecule has 1 amide bonds. The number of nitrogens with one attached hydrogen (secondary N) is 2. The molecule has 0 unspecified atom stereocenters. The zero-order valence-corrected chi connectivity index (χ0v) is 14.4. The molecule has 3 aromatic rings. The smallest absolute Gasteiger partial charge is 0.274 e. The summed E-state index contributed by atoms with van der Waals surface area (Å²) >= 11 is 0. The number of rotatable bonds is 5. The summed E-state index contributed by atoms with van der Waals surface area (Å²) in [5, 5.41) is 6.18. The Morgan fingerprint density at radius 3 is 2.48 bits per heavy atom. The second kappa shape index (κ2) is 7.62. The predicted molar refractivity (Wildman–Crippen MR) is 102 cm³/mol. The minimum absolute atomic E-state index is 0.226. The lowest BCUT2D eigenvalue weighted by molar-refractivity contribution is 0.102. The molecular weight excluding hydrogens is 310 g/mol. The summed E-state index contributed by atoms with van der Waals surface area (Å²) in [6.45, 7) is 4.12. The summed E-state index contributed by atoms with van der Waals surface area (Å²) in [6, 6.07) is 19.5. The Hall–Kier alpha value is -3.14. The number of pyridine rings is 1. The standard InChI is InChI=1S/C21H21N3O/c1-3-16-7-9-17(10-8-16)23-19-11-12-22-20(14-19)21(25)24-18-6-4-5-15(2)13-18/h4-14H,3H2,1-2H3,(H,22,23)(H,24,25). The number of amides is 1. The first kappa shape index (κ1) is 16.7. The number of hydrogen-bond donors (Lipinski definition) is 2. The van der Waals surface area contributed by atoms with E-state index in [0.717, 1.165) is 29.0 Å². The van der Waals surface area contributed by atoms with E-state index < -0.39 is 0 Å². The molecule has 0 aliphatic heterocycles. The molecule has 0 aliphatic rings. The van der Waals surface area contributed by atoms with E-state index in [4.69, 9.17) is 0 Å². The number of nitrogens with zero attached hydrogens (tertiary/aromatic N) is 1. The van der Waals surface area contributed by atoms with E-state index in [1.54, 1.807) is 12.3 Å². The van der Waals surface area contributed by atoms with Crippen molar-refractivity contribution < 1.29 is 4.79 Å². The predicted octanol–water partition coefficient (Wildman–Crippen LogP) is 4.95. The van der Waals surface area contributed by atoms with Crippen molar-refractivity contribution in [3.63, 3.8) is 0 Å². The number of hydrogen-bond acceptors (Lipinski definition) is 3. The fourth-order valence-electron chi connectivity index (χ4n) is 2.54. The van der Waals surface area contributed by atoms with Gasteiger partial charge < -0.3 is 10.6 Å². The molecule has 1 heterocycles. The van der Waals surface area contributed by atoms with Gasteiger partial charge in [0.05, 0.1) is 0 Å². The Kier molecular flexibility index (Phi) is 5.09. The third-order valence-corrected chi connectivity index (χ3v) is 3.92. The van der Waals surface area contributed by atoms with Crippen LogP contribution in [-0.4, -0.2) is 10.9 Å². The number of carbonyl (C=O) groups excluding carboxylic acids is 1. The van der Waals surface area contributed by atoms with E-state index in [2.05, 4.69) is 34.7 Å². The Morgan fingerprint density at radius 1 is 0.960 bits per heavy atom. The first-order valence-corrected chi connectivity index (χ1v) is 8.34. The van der Waals surface area contributed by atoms with Gasteiger partial charge in [0.15, 0.2) is 0 Å². The van der Waals surface area contributed by atoms with Crippen LogP contribution in [-0.2, 0) is 6.42 Å². The molecule has 3 rings (SSSR count). The topological polar surface area (TPSA) is 54.0 Å². The molecule has 126 valence electrons. The molecule has 25 heavy (non-hydrogen) atoms.